The predicted molar refractivity (Wildman–Crippen MR) is 70.1 cm³/mol. The van der Waals surface area contributed by atoms with Crippen LogP contribution in [0.5, 0.6) is 0 Å². The van der Waals surface area contributed by atoms with E-state index in [1.54, 1.807) is 18.2 Å². The fraction of sp³-hybridized carbons (Fsp3) is 0.231. The second-order valence-corrected chi connectivity index (χ2v) is 4.13. The maximum absolute atomic E-state index is 12.0. The van der Waals surface area contributed by atoms with Crippen LogP contribution in [0.3, 0.4) is 0 Å². The lowest BCUT2D eigenvalue weighted by Crippen LogP contribution is -2.30. The number of aliphatic carboxylic acids is 1. The molecule has 0 fully saturated rings. The number of carbonyl (C=O) groups excluding carboxylic acids is 1. The molecule has 20 heavy (non-hydrogen) atoms. The van der Waals surface area contributed by atoms with E-state index in [4.69, 9.17) is 10.2 Å². The largest absolute Gasteiger partial charge is 0.479 e. The van der Waals surface area contributed by atoms with E-state index in [-0.39, 0.29) is 18.9 Å². The van der Waals surface area contributed by atoms with Crippen molar-refractivity contribution >= 4 is 22.9 Å². The zero-order valence-corrected chi connectivity index (χ0v) is 10.5. The number of aromatic nitrogens is 2. The molecular formula is C13H13N3O4. The van der Waals surface area contributed by atoms with E-state index in [1.807, 2.05) is 0 Å². The average molecular weight is 275 g/mol. The van der Waals surface area contributed by atoms with Crippen molar-refractivity contribution in [3.05, 3.63) is 36.2 Å². The Bertz CT molecular complexity index is 639. The first kappa shape index (κ1) is 13.9. The maximum atomic E-state index is 12.0. The van der Waals surface area contributed by atoms with Gasteiger partial charge in [0, 0.05) is 25.4 Å². The van der Waals surface area contributed by atoms with Crippen molar-refractivity contribution < 1.29 is 19.8 Å². The van der Waals surface area contributed by atoms with Crippen molar-refractivity contribution in [2.24, 2.45) is 0 Å². The maximum Gasteiger partial charge on any atom is 0.332 e. The van der Waals surface area contributed by atoms with Gasteiger partial charge in [-0.25, -0.2) is 4.79 Å². The average Bonchev–Trinajstić information content (AvgIpc) is 2.46. The van der Waals surface area contributed by atoms with Crippen LogP contribution in [-0.4, -0.2) is 44.7 Å². The van der Waals surface area contributed by atoms with Gasteiger partial charge in [-0.2, -0.15) is 0 Å². The summed E-state index contributed by atoms with van der Waals surface area (Å²) in [7, 11) is 0. The normalized spacial score (nSPS) is 12.1. The number of benzene rings is 1. The molecule has 1 amide bonds. The molecule has 1 aromatic heterocycles. The molecule has 0 spiro atoms. The third kappa shape index (κ3) is 3.07. The van der Waals surface area contributed by atoms with Crippen LogP contribution < -0.4 is 5.32 Å². The van der Waals surface area contributed by atoms with Crippen molar-refractivity contribution in [2.45, 2.75) is 12.5 Å². The summed E-state index contributed by atoms with van der Waals surface area (Å²) < 4.78 is 0. The molecular weight excluding hydrogens is 262 g/mol. The zero-order chi connectivity index (χ0) is 14.5. The van der Waals surface area contributed by atoms with Crippen molar-refractivity contribution in [3.63, 3.8) is 0 Å². The molecule has 0 aliphatic carbocycles. The Morgan fingerprint density at radius 2 is 2.00 bits per heavy atom. The van der Waals surface area contributed by atoms with Gasteiger partial charge < -0.3 is 15.5 Å². The van der Waals surface area contributed by atoms with Crippen LogP contribution in [0.25, 0.3) is 11.0 Å². The smallest absolute Gasteiger partial charge is 0.332 e. The van der Waals surface area contributed by atoms with E-state index >= 15 is 0 Å². The summed E-state index contributed by atoms with van der Waals surface area (Å²) in [4.78, 5) is 30.6. The van der Waals surface area contributed by atoms with Crippen LogP contribution in [0.2, 0.25) is 0 Å². The molecule has 2 rings (SSSR count). The molecule has 0 unspecified atom stereocenters. The molecule has 0 aliphatic heterocycles. The van der Waals surface area contributed by atoms with Gasteiger partial charge in [-0.15, -0.1) is 0 Å². The first-order chi connectivity index (χ1) is 9.59. The summed E-state index contributed by atoms with van der Waals surface area (Å²) in [6.07, 6.45) is 1.49. The lowest BCUT2D eigenvalue weighted by Gasteiger charge is -2.08. The number of fused-ring (bicyclic) bond motifs is 1. The van der Waals surface area contributed by atoms with Gasteiger partial charge in [0.05, 0.1) is 11.1 Å². The number of carboxylic acid groups (broad SMARTS) is 1. The van der Waals surface area contributed by atoms with E-state index in [0.29, 0.717) is 16.6 Å². The van der Waals surface area contributed by atoms with Crippen LogP contribution in [-0.2, 0) is 4.79 Å². The number of carbonyl (C=O) groups is 2. The summed E-state index contributed by atoms with van der Waals surface area (Å²) in [5.41, 5.74) is 1.44. The van der Waals surface area contributed by atoms with Gasteiger partial charge >= 0.3 is 5.97 Å². The monoisotopic (exact) mass is 275 g/mol. The first-order valence-electron chi connectivity index (χ1n) is 5.98. The van der Waals surface area contributed by atoms with Crippen LogP contribution >= 0.6 is 0 Å². The highest BCUT2D eigenvalue weighted by atomic mass is 16.4. The second kappa shape index (κ2) is 6.07. The number of carboxylic acids is 1. The summed E-state index contributed by atoms with van der Waals surface area (Å²) >= 11 is 0. The molecule has 1 heterocycles. The highest BCUT2D eigenvalue weighted by Crippen LogP contribution is 2.13. The Morgan fingerprint density at radius 1 is 1.25 bits per heavy atom. The minimum atomic E-state index is -1.48. The van der Waals surface area contributed by atoms with Crippen molar-refractivity contribution in [1.29, 1.82) is 0 Å². The van der Waals surface area contributed by atoms with Crippen molar-refractivity contribution in [1.82, 2.24) is 15.3 Å². The number of aliphatic hydroxyl groups is 1. The molecule has 1 atom stereocenters. The SMILES string of the molecule is O=C(NCC[C@H](O)C(=O)O)c1cccc2nccnc12. The molecule has 0 saturated heterocycles. The number of para-hydroxylation sites is 1. The number of nitrogens with one attached hydrogen (secondary N) is 1. The molecule has 7 heteroatoms. The van der Waals surface area contributed by atoms with Crippen molar-refractivity contribution in [2.75, 3.05) is 6.54 Å². The van der Waals surface area contributed by atoms with Crippen LogP contribution in [0.15, 0.2) is 30.6 Å². The molecule has 7 nitrogen and oxygen atoms in total. The Morgan fingerprint density at radius 3 is 2.75 bits per heavy atom. The predicted octanol–water partition coefficient (Wildman–Crippen LogP) is 0.195. The molecule has 3 N–H and O–H groups in total. The number of rotatable bonds is 5. The van der Waals surface area contributed by atoms with Gasteiger partial charge in [-0.3, -0.25) is 14.8 Å². The minimum absolute atomic E-state index is 0.0580. The first-order valence-corrected chi connectivity index (χ1v) is 5.98. The van der Waals surface area contributed by atoms with Gasteiger partial charge in [-0.1, -0.05) is 6.07 Å². The Hall–Kier alpha value is -2.54. The van der Waals surface area contributed by atoms with Crippen LogP contribution in [0.4, 0.5) is 0 Å². The number of aliphatic hydroxyl groups excluding tert-OH is 1. The zero-order valence-electron chi connectivity index (χ0n) is 10.5. The van der Waals surface area contributed by atoms with Gasteiger partial charge in [0.1, 0.15) is 5.52 Å². The third-order valence-corrected chi connectivity index (χ3v) is 2.73. The molecule has 2 aromatic rings. The van der Waals surface area contributed by atoms with E-state index in [2.05, 4.69) is 15.3 Å². The summed E-state index contributed by atoms with van der Waals surface area (Å²) in [5.74, 6) is -1.69. The van der Waals surface area contributed by atoms with Gasteiger partial charge in [0.2, 0.25) is 0 Å². The Labute approximate surface area is 114 Å². The molecule has 0 radical (unpaired) electrons. The standard InChI is InChI=1S/C13H13N3O4/c17-10(13(19)20)4-5-16-12(18)8-2-1-3-9-11(8)15-7-6-14-9/h1-3,6-7,10,17H,4-5H2,(H,16,18)(H,19,20)/t10-/m0/s1. The third-order valence-electron chi connectivity index (χ3n) is 2.73. The second-order valence-electron chi connectivity index (χ2n) is 4.13. The lowest BCUT2D eigenvalue weighted by molar-refractivity contribution is -0.146. The highest BCUT2D eigenvalue weighted by molar-refractivity contribution is 6.04. The highest BCUT2D eigenvalue weighted by Gasteiger charge is 2.15. The molecule has 0 aliphatic rings. The Balaban J connectivity index is 2.06. The number of amides is 1. The van der Waals surface area contributed by atoms with Crippen LogP contribution in [0, 0.1) is 0 Å². The summed E-state index contributed by atoms with van der Waals surface area (Å²) in [6.45, 7) is 0.0585. The number of hydrogen-bond acceptors (Lipinski definition) is 5. The van der Waals surface area contributed by atoms with E-state index < -0.39 is 12.1 Å². The summed E-state index contributed by atoms with van der Waals surface area (Å²) in [6, 6.07) is 5.05. The fourth-order valence-electron chi connectivity index (χ4n) is 1.72. The molecule has 0 bridgehead atoms. The van der Waals surface area contributed by atoms with E-state index in [1.165, 1.54) is 12.4 Å². The Kier molecular flexibility index (Phi) is 4.21. The fourth-order valence-corrected chi connectivity index (χ4v) is 1.72. The molecule has 1 aromatic carbocycles. The van der Waals surface area contributed by atoms with Crippen LogP contribution in [0.1, 0.15) is 16.8 Å². The van der Waals surface area contributed by atoms with E-state index in [0.717, 1.165) is 0 Å². The van der Waals surface area contributed by atoms with Crippen molar-refractivity contribution in [3.8, 4) is 0 Å². The number of hydrogen-bond donors (Lipinski definition) is 3. The molecule has 0 saturated carbocycles. The van der Waals surface area contributed by atoms with Gasteiger partial charge in [0.25, 0.3) is 5.91 Å². The van der Waals surface area contributed by atoms with E-state index in [9.17, 15) is 9.59 Å². The summed E-state index contributed by atoms with van der Waals surface area (Å²) in [5, 5.41) is 20.2. The topological polar surface area (TPSA) is 112 Å². The quantitative estimate of drug-likeness (QED) is 0.718. The van der Waals surface area contributed by atoms with Gasteiger partial charge in [-0.05, 0) is 12.1 Å². The molecule has 104 valence electrons. The minimum Gasteiger partial charge on any atom is -0.479 e. The van der Waals surface area contributed by atoms with Gasteiger partial charge in [0.15, 0.2) is 6.10 Å². The lowest BCUT2D eigenvalue weighted by atomic mass is 10.1. The number of nitrogens with zero attached hydrogens (tertiary/aromatic N) is 2.